The van der Waals surface area contributed by atoms with Crippen LogP contribution in [0.3, 0.4) is 0 Å². The number of methoxy groups -OCH3 is 1. The van der Waals surface area contributed by atoms with Gasteiger partial charge in [-0.3, -0.25) is 9.59 Å². The Kier molecular flexibility index (Phi) is 5.46. The summed E-state index contributed by atoms with van der Waals surface area (Å²) in [6, 6.07) is 1.58. The summed E-state index contributed by atoms with van der Waals surface area (Å²) in [6.07, 6.45) is -0.743. The van der Waals surface area contributed by atoms with Crippen molar-refractivity contribution in [2.24, 2.45) is 5.73 Å². The quantitative estimate of drug-likeness (QED) is 0.711. The smallest absolute Gasteiger partial charge is 0.253 e. The highest BCUT2D eigenvalue weighted by Crippen LogP contribution is 2.06. The summed E-state index contributed by atoms with van der Waals surface area (Å²) >= 11 is 0. The Bertz CT molecular complexity index is 442. The number of likely N-dealkylation sites (N-methyl/N-ethyl adjacent to an activating group) is 1. The summed E-state index contributed by atoms with van der Waals surface area (Å²) in [5.41, 5.74) is 5.38. The molecule has 8 nitrogen and oxygen atoms in total. The van der Waals surface area contributed by atoms with Crippen LogP contribution < -0.4 is 11.1 Å². The van der Waals surface area contributed by atoms with Crippen LogP contribution in [0.4, 0.5) is 5.82 Å². The lowest BCUT2D eigenvalue weighted by atomic mass is 10.3. The number of nitrogens with two attached hydrogens (primary N) is 1. The first-order valence-corrected chi connectivity index (χ1v) is 5.69. The molecule has 0 saturated carbocycles. The standard InChI is InChI=1S/C11H18N4O4/c1-7-4-9(14-19-7)13-10(16)6-15(2)11(17)8(5-12)18-3/h4,8H,5-6,12H2,1-3H3,(H,13,14,16). The molecule has 1 atom stereocenters. The van der Waals surface area contributed by atoms with E-state index in [0.29, 0.717) is 11.6 Å². The van der Waals surface area contributed by atoms with Gasteiger partial charge in [0.05, 0.1) is 6.54 Å². The van der Waals surface area contributed by atoms with E-state index >= 15 is 0 Å². The molecule has 0 saturated heterocycles. The maximum Gasteiger partial charge on any atom is 0.253 e. The number of rotatable bonds is 6. The molecular weight excluding hydrogens is 252 g/mol. The van der Waals surface area contributed by atoms with Crippen LogP contribution in [0.25, 0.3) is 0 Å². The van der Waals surface area contributed by atoms with Crippen molar-refractivity contribution >= 4 is 17.6 Å². The van der Waals surface area contributed by atoms with Gasteiger partial charge in [0, 0.05) is 26.8 Å². The fourth-order valence-corrected chi connectivity index (χ4v) is 1.44. The number of ether oxygens (including phenoxy) is 1. The number of aromatic nitrogens is 1. The van der Waals surface area contributed by atoms with Crippen LogP contribution in [-0.2, 0) is 14.3 Å². The maximum atomic E-state index is 11.8. The lowest BCUT2D eigenvalue weighted by molar-refractivity contribution is -0.142. The molecule has 1 unspecified atom stereocenters. The fourth-order valence-electron chi connectivity index (χ4n) is 1.44. The first kappa shape index (κ1) is 15.1. The summed E-state index contributed by atoms with van der Waals surface area (Å²) in [7, 11) is 2.89. The third-order valence-electron chi connectivity index (χ3n) is 2.43. The molecule has 0 aliphatic carbocycles. The summed E-state index contributed by atoms with van der Waals surface area (Å²) in [6.45, 7) is 1.65. The summed E-state index contributed by atoms with van der Waals surface area (Å²) in [5.74, 6) is 0.167. The zero-order valence-corrected chi connectivity index (χ0v) is 11.2. The van der Waals surface area contributed by atoms with Crippen LogP contribution in [0.15, 0.2) is 10.6 Å². The van der Waals surface area contributed by atoms with E-state index in [2.05, 4.69) is 10.5 Å². The second-order valence-electron chi connectivity index (χ2n) is 4.03. The monoisotopic (exact) mass is 270 g/mol. The Morgan fingerprint density at radius 1 is 1.63 bits per heavy atom. The Labute approximate surface area is 110 Å². The van der Waals surface area contributed by atoms with Gasteiger partial charge in [0.1, 0.15) is 11.9 Å². The summed E-state index contributed by atoms with van der Waals surface area (Å²) < 4.78 is 9.72. The minimum atomic E-state index is -0.743. The zero-order chi connectivity index (χ0) is 14.4. The minimum Gasteiger partial charge on any atom is -0.370 e. The first-order valence-electron chi connectivity index (χ1n) is 5.69. The average molecular weight is 270 g/mol. The van der Waals surface area contributed by atoms with Crippen LogP contribution in [0.2, 0.25) is 0 Å². The molecular formula is C11H18N4O4. The molecule has 1 heterocycles. The first-order chi connectivity index (χ1) is 8.97. The van der Waals surface area contributed by atoms with E-state index in [-0.39, 0.29) is 24.9 Å². The number of aryl methyl sites for hydroxylation is 1. The zero-order valence-electron chi connectivity index (χ0n) is 11.2. The van der Waals surface area contributed by atoms with Gasteiger partial charge in [0.15, 0.2) is 5.82 Å². The molecule has 106 valence electrons. The van der Waals surface area contributed by atoms with Gasteiger partial charge in [-0.1, -0.05) is 5.16 Å². The van der Waals surface area contributed by atoms with Crippen molar-refractivity contribution in [3.63, 3.8) is 0 Å². The van der Waals surface area contributed by atoms with E-state index < -0.39 is 6.10 Å². The highest BCUT2D eigenvalue weighted by molar-refractivity contribution is 5.94. The molecule has 0 aromatic carbocycles. The van der Waals surface area contributed by atoms with Crippen molar-refractivity contribution in [3.8, 4) is 0 Å². The van der Waals surface area contributed by atoms with E-state index in [0.717, 1.165) is 0 Å². The molecule has 0 spiro atoms. The van der Waals surface area contributed by atoms with Crippen molar-refractivity contribution < 1.29 is 18.8 Å². The van der Waals surface area contributed by atoms with Gasteiger partial charge in [-0.15, -0.1) is 0 Å². The van der Waals surface area contributed by atoms with Gasteiger partial charge in [0.25, 0.3) is 5.91 Å². The van der Waals surface area contributed by atoms with E-state index in [1.807, 2.05) is 0 Å². The highest BCUT2D eigenvalue weighted by Gasteiger charge is 2.22. The van der Waals surface area contributed by atoms with E-state index in [4.69, 9.17) is 15.0 Å². The number of nitrogens with one attached hydrogen (secondary N) is 1. The molecule has 1 aromatic heterocycles. The van der Waals surface area contributed by atoms with Gasteiger partial charge in [-0.25, -0.2) is 0 Å². The largest absolute Gasteiger partial charge is 0.370 e. The van der Waals surface area contributed by atoms with E-state index in [1.54, 1.807) is 13.0 Å². The van der Waals surface area contributed by atoms with Crippen LogP contribution >= 0.6 is 0 Å². The lowest BCUT2D eigenvalue weighted by Gasteiger charge is -2.21. The number of anilines is 1. The minimum absolute atomic E-state index is 0.0593. The molecule has 0 aliphatic rings. The lowest BCUT2D eigenvalue weighted by Crippen LogP contribution is -2.44. The predicted octanol–water partition coefficient (Wildman–Crippen LogP) is -0.646. The van der Waals surface area contributed by atoms with E-state index in [9.17, 15) is 9.59 Å². The average Bonchev–Trinajstić information content (AvgIpc) is 2.75. The second-order valence-corrected chi connectivity index (χ2v) is 4.03. The molecule has 8 heteroatoms. The molecule has 3 N–H and O–H groups in total. The second kappa shape index (κ2) is 6.86. The predicted molar refractivity (Wildman–Crippen MR) is 67.4 cm³/mol. The number of hydrogen-bond donors (Lipinski definition) is 2. The number of hydrogen-bond acceptors (Lipinski definition) is 6. The normalized spacial score (nSPS) is 12.0. The van der Waals surface area contributed by atoms with Gasteiger partial charge >= 0.3 is 0 Å². The van der Waals surface area contributed by atoms with Crippen LogP contribution in [0, 0.1) is 6.92 Å². The number of carbonyl (C=O) groups is 2. The Hall–Kier alpha value is -1.93. The maximum absolute atomic E-state index is 11.8. The molecule has 0 aliphatic heterocycles. The van der Waals surface area contributed by atoms with Crippen LogP contribution in [0.1, 0.15) is 5.76 Å². The number of nitrogens with zero attached hydrogens (tertiary/aromatic N) is 2. The van der Waals surface area contributed by atoms with E-state index in [1.165, 1.54) is 19.1 Å². The van der Waals surface area contributed by atoms with Gasteiger partial charge in [0.2, 0.25) is 5.91 Å². The SMILES string of the molecule is COC(CN)C(=O)N(C)CC(=O)Nc1cc(C)on1. The van der Waals surface area contributed by atoms with Crippen molar-refractivity contribution in [2.75, 3.05) is 32.6 Å². The number of carbonyl (C=O) groups excluding carboxylic acids is 2. The molecule has 19 heavy (non-hydrogen) atoms. The Morgan fingerprint density at radius 3 is 2.79 bits per heavy atom. The van der Waals surface area contributed by atoms with Gasteiger partial charge in [-0.05, 0) is 6.92 Å². The topological polar surface area (TPSA) is 111 Å². The van der Waals surface area contributed by atoms with Crippen molar-refractivity contribution in [1.29, 1.82) is 0 Å². The van der Waals surface area contributed by atoms with Crippen molar-refractivity contribution in [3.05, 3.63) is 11.8 Å². The summed E-state index contributed by atoms with van der Waals surface area (Å²) in [5, 5.41) is 6.13. The molecule has 1 aromatic rings. The molecule has 0 fully saturated rings. The number of amides is 2. The highest BCUT2D eigenvalue weighted by atomic mass is 16.5. The molecule has 0 bridgehead atoms. The van der Waals surface area contributed by atoms with Crippen molar-refractivity contribution in [2.45, 2.75) is 13.0 Å². The van der Waals surface area contributed by atoms with Crippen molar-refractivity contribution in [1.82, 2.24) is 10.1 Å². The molecule has 2 amide bonds. The van der Waals surface area contributed by atoms with Crippen LogP contribution in [-0.4, -0.2) is 55.2 Å². The fraction of sp³-hybridized carbons (Fsp3) is 0.545. The molecule has 0 radical (unpaired) electrons. The van der Waals surface area contributed by atoms with Gasteiger partial charge in [-0.2, -0.15) is 0 Å². The van der Waals surface area contributed by atoms with Gasteiger partial charge < -0.3 is 25.2 Å². The summed E-state index contributed by atoms with van der Waals surface area (Å²) in [4.78, 5) is 24.7. The van der Waals surface area contributed by atoms with Crippen LogP contribution in [0.5, 0.6) is 0 Å². The Balaban J connectivity index is 2.49. The third-order valence-corrected chi connectivity index (χ3v) is 2.43. The molecule has 1 rings (SSSR count). The Morgan fingerprint density at radius 2 is 2.32 bits per heavy atom. The third kappa shape index (κ3) is 4.34.